The maximum atomic E-state index is 12.0. The van der Waals surface area contributed by atoms with E-state index in [2.05, 4.69) is 22.4 Å². The van der Waals surface area contributed by atoms with E-state index in [0.717, 1.165) is 42.2 Å². The standard InChI is InChI=1S/C15H17N3O2S/c1-2-3-14-17-18-15(21-14)16-13(19)9-10-4-5-12-11(8-10)6-7-20-12/h4-5,8H,2-3,6-7,9H2,1H3,(H,16,18,19). The molecule has 0 aliphatic carbocycles. The number of carbonyl (C=O) groups is 1. The second-order valence-corrected chi connectivity index (χ2v) is 6.08. The summed E-state index contributed by atoms with van der Waals surface area (Å²) in [6.07, 6.45) is 3.19. The van der Waals surface area contributed by atoms with Gasteiger partial charge in [0, 0.05) is 12.8 Å². The number of anilines is 1. The van der Waals surface area contributed by atoms with Crippen molar-refractivity contribution >= 4 is 22.4 Å². The van der Waals surface area contributed by atoms with E-state index in [1.165, 1.54) is 16.9 Å². The summed E-state index contributed by atoms with van der Waals surface area (Å²) in [5.41, 5.74) is 2.18. The second-order valence-electron chi connectivity index (χ2n) is 5.02. The molecule has 0 fully saturated rings. The molecule has 1 aromatic heterocycles. The van der Waals surface area contributed by atoms with Crippen molar-refractivity contribution < 1.29 is 9.53 Å². The van der Waals surface area contributed by atoms with Gasteiger partial charge in [-0.3, -0.25) is 4.79 Å². The third kappa shape index (κ3) is 3.39. The lowest BCUT2D eigenvalue weighted by Crippen LogP contribution is -2.14. The van der Waals surface area contributed by atoms with Crippen molar-refractivity contribution in [3.8, 4) is 5.75 Å². The van der Waals surface area contributed by atoms with Gasteiger partial charge in [0.1, 0.15) is 10.8 Å². The molecule has 1 aliphatic rings. The molecule has 1 amide bonds. The molecule has 0 radical (unpaired) electrons. The van der Waals surface area contributed by atoms with Gasteiger partial charge < -0.3 is 10.1 Å². The summed E-state index contributed by atoms with van der Waals surface area (Å²) in [5.74, 6) is 0.876. The minimum atomic E-state index is -0.0620. The molecule has 0 spiro atoms. The molecule has 0 saturated carbocycles. The Balaban J connectivity index is 1.60. The van der Waals surface area contributed by atoms with Crippen molar-refractivity contribution in [2.45, 2.75) is 32.6 Å². The Kier molecular flexibility index (Phi) is 4.15. The Labute approximate surface area is 127 Å². The van der Waals surface area contributed by atoms with Gasteiger partial charge in [0.2, 0.25) is 11.0 Å². The molecule has 2 aromatic rings. The van der Waals surface area contributed by atoms with E-state index in [9.17, 15) is 4.79 Å². The number of aryl methyl sites for hydroxylation is 1. The van der Waals surface area contributed by atoms with Crippen LogP contribution in [0.4, 0.5) is 5.13 Å². The van der Waals surface area contributed by atoms with Crippen LogP contribution < -0.4 is 10.1 Å². The Bertz CT molecular complexity index is 654. The van der Waals surface area contributed by atoms with Crippen LogP contribution in [0.25, 0.3) is 0 Å². The summed E-state index contributed by atoms with van der Waals surface area (Å²) in [5, 5.41) is 12.4. The normalized spacial score (nSPS) is 12.8. The first kappa shape index (κ1) is 14.0. The highest BCUT2D eigenvalue weighted by Crippen LogP contribution is 2.26. The second kappa shape index (κ2) is 6.22. The summed E-state index contributed by atoms with van der Waals surface area (Å²) in [6, 6.07) is 5.92. The molecule has 5 nitrogen and oxygen atoms in total. The van der Waals surface area contributed by atoms with Crippen molar-refractivity contribution in [2.75, 3.05) is 11.9 Å². The lowest BCUT2D eigenvalue weighted by atomic mass is 10.1. The zero-order chi connectivity index (χ0) is 14.7. The van der Waals surface area contributed by atoms with E-state index in [-0.39, 0.29) is 5.91 Å². The van der Waals surface area contributed by atoms with E-state index in [0.29, 0.717) is 11.6 Å². The summed E-state index contributed by atoms with van der Waals surface area (Å²) in [4.78, 5) is 12.0. The van der Waals surface area contributed by atoms with Crippen LogP contribution in [0.5, 0.6) is 5.75 Å². The third-order valence-corrected chi connectivity index (χ3v) is 4.19. The van der Waals surface area contributed by atoms with Crippen molar-refractivity contribution in [2.24, 2.45) is 0 Å². The van der Waals surface area contributed by atoms with Crippen molar-refractivity contribution in [1.82, 2.24) is 10.2 Å². The molecule has 0 unspecified atom stereocenters. The number of rotatable bonds is 5. The lowest BCUT2D eigenvalue weighted by Gasteiger charge is -2.04. The molecular formula is C15H17N3O2S. The van der Waals surface area contributed by atoms with Gasteiger partial charge in [0.15, 0.2) is 0 Å². The summed E-state index contributed by atoms with van der Waals surface area (Å²) in [7, 11) is 0. The Hall–Kier alpha value is -1.95. The van der Waals surface area contributed by atoms with E-state index in [1.807, 2.05) is 18.2 Å². The van der Waals surface area contributed by atoms with Crippen LogP contribution in [0.15, 0.2) is 18.2 Å². The van der Waals surface area contributed by atoms with Gasteiger partial charge in [-0.25, -0.2) is 0 Å². The average molecular weight is 303 g/mol. The zero-order valence-electron chi connectivity index (χ0n) is 11.9. The molecule has 3 rings (SSSR count). The SMILES string of the molecule is CCCc1nnc(NC(=O)Cc2ccc3c(c2)CCO3)s1. The van der Waals surface area contributed by atoms with Crippen LogP contribution in [0.1, 0.15) is 29.5 Å². The van der Waals surface area contributed by atoms with Crippen molar-refractivity contribution in [1.29, 1.82) is 0 Å². The van der Waals surface area contributed by atoms with E-state index in [1.54, 1.807) is 0 Å². The smallest absolute Gasteiger partial charge is 0.230 e. The van der Waals surface area contributed by atoms with Crippen LogP contribution in [0.3, 0.4) is 0 Å². The molecule has 0 bridgehead atoms. The number of benzene rings is 1. The molecule has 110 valence electrons. The number of hydrogen-bond donors (Lipinski definition) is 1. The topological polar surface area (TPSA) is 64.1 Å². The predicted molar refractivity (Wildman–Crippen MR) is 81.9 cm³/mol. The van der Waals surface area contributed by atoms with Crippen molar-refractivity contribution in [3.63, 3.8) is 0 Å². The summed E-state index contributed by atoms with van der Waals surface area (Å²) >= 11 is 1.44. The fourth-order valence-electron chi connectivity index (χ4n) is 2.32. The number of aromatic nitrogens is 2. The summed E-state index contributed by atoms with van der Waals surface area (Å²) < 4.78 is 5.46. The third-order valence-electron chi connectivity index (χ3n) is 3.30. The van der Waals surface area contributed by atoms with Crippen LogP contribution in [0, 0.1) is 0 Å². The highest BCUT2D eigenvalue weighted by Gasteiger charge is 2.14. The molecule has 0 atom stereocenters. The van der Waals surface area contributed by atoms with Crippen LogP contribution in [0.2, 0.25) is 0 Å². The number of nitrogens with zero attached hydrogens (tertiary/aromatic N) is 2. The van der Waals surface area contributed by atoms with Gasteiger partial charge in [-0.05, 0) is 23.6 Å². The number of amides is 1. The first-order chi connectivity index (χ1) is 10.2. The molecule has 1 aromatic carbocycles. The fourth-order valence-corrected chi connectivity index (χ4v) is 3.18. The number of carbonyl (C=O) groups excluding carboxylic acids is 1. The zero-order valence-corrected chi connectivity index (χ0v) is 12.7. The maximum absolute atomic E-state index is 12.0. The van der Waals surface area contributed by atoms with Gasteiger partial charge in [0.05, 0.1) is 13.0 Å². The molecule has 0 saturated heterocycles. The fraction of sp³-hybridized carbons (Fsp3) is 0.400. The van der Waals surface area contributed by atoms with Gasteiger partial charge >= 0.3 is 0 Å². The van der Waals surface area contributed by atoms with Crippen LogP contribution >= 0.6 is 11.3 Å². The van der Waals surface area contributed by atoms with Crippen molar-refractivity contribution in [3.05, 3.63) is 34.3 Å². The molecule has 6 heteroatoms. The van der Waals surface area contributed by atoms with Gasteiger partial charge in [-0.1, -0.05) is 30.4 Å². The number of ether oxygens (including phenoxy) is 1. The number of fused-ring (bicyclic) bond motifs is 1. The predicted octanol–water partition coefficient (Wildman–Crippen LogP) is 2.61. The van der Waals surface area contributed by atoms with E-state index in [4.69, 9.17) is 4.74 Å². The Morgan fingerprint density at radius 3 is 3.19 bits per heavy atom. The van der Waals surface area contributed by atoms with Gasteiger partial charge in [-0.2, -0.15) is 0 Å². The number of nitrogens with one attached hydrogen (secondary N) is 1. The molecule has 1 aliphatic heterocycles. The van der Waals surface area contributed by atoms with Gasteiger partial charge in [0.25, 0.3) is 0 Å². The first-order valence-electron chi connectivity index (χ1n) is 7.11. The highest BCUT2D eigenvalue weighted by molar-refractivity contribution is 7.15. The average Bonchev–Trinajstić information content (AvgIpc) is 3.08. The highest BCUT2D eigenvalue weighted by atomic mass is 32.1. The minimum absolute atomic E-state index is 0.0620. The minimum Gasteiger partial charge on any atom is -0.493 e. The van der Waals surface area contributed by atoms with E-state index >= 15 is 0 Å². The van der Waals surface area contributed by atoms with Crippen LogP contribution in [-0.4, -0.2) is 22.7 Å². The first-order valence-corrected chi connectivity index (χ1v) is 7.93. The largest absolute Gasteiger partial charge is 0.493 e. The summed E-state index contributed by atoms with van der Waals surface area (Å²) in [6.45, 7) is 2.83. The molecule has 2 heterocycles. The number of hydrogen-bond acceptors (Lipinski definition) is 5. The molecule has 1 N–H and O–H groups in total. The van der Waals surface area contributed by atoms with Crippen LogP contribution in [-0.2, 0) is 24.1 Å². The van der Waals surface area contributed by atoms with E-state index < -0.39 is 0 Å². The Morgan fingerprint density at radius 2 is 2.33 bits per heavy atom. The Morgan fingerprint density at radius 1 is 1.43 bits per heavy atom. The monoisotopic (exact) mass is 303 g/mol. The quantitative estimate of drug-likeness (QED) is 0.922. The molecule has 21 heavy (non-hydrogen) atoms. The lowest BCUT2D eigenvalue weighted by molar-refractivity contribution is -0.115. The maximum Gasteiger partial charge on any atom is 0.230 e. The van der Waals surface area contributed by atoms with Gasteiger partial charge in [-0.15, -0.1) is 10.2 Å². The molecular weight excluding hydrogens is 286 g/mol.